The van der Waals surface area contributed by atoms with E-state index in [2.05, 4.69) is 28.2 Å². The van der Waals surface area contributed by atoms with Crippen molar-refractivity contribution < 1.29 is 19.0 Å². The van der Waals surface area contributed by atoms with Crippen LogP contribution in [0.2, 0.25) is 0 Å². The minimum atomic E-state index is -0.293. The zero-order valence-corrected chi connectivity index (χ0v) is 22.6. The van der Waals surface area contributed by atoms with Gasteiger partial charge in [-0.25, -0.2) is 4.79 Å². The maximum Gasteiger partial charge on any atom is 0.323 e. The number of nitrogens with one attached hydrogen (secondary N) is 1. The minimum Gasteiger partial charge on any atom is -0.497 e. The van der Waals surface area contributed by atoms with Crippen LogP contribution < -0.4 is 19.5 Å². The van der Waals surface area contributed by atoms with Crippen molar-refractivity contribution in [3.05, 3.63) is 88.1 Å². The molecule has 0 bridgehead atoms. The third-order valence-corrected chi connectivity index (χ3v) is 8.85. The number of urea groups is 1. The Hall–Kier alpha value is -3.91. The Kier molecular flexibility index (Phi) is 6.49. The van der Waals surface area contributed by atoms with Crippen molar-refractivity contribution in [3.63, 3.8) is 0 Å². The molecule has 38 heavy (non-hydrogen) atoms. The van der Waals surface area contributed by atoms with Crippen LogP contribution in [0.1, 0.15) is 46.1 Å². The van der Waals surface area contributed by atoms with Gasteiger partial charge in [0.05, 0.1) is 45.3 Å². The number of nitrogens with zero attached hydrogens (tertiary/aromatic N) is 2. The average molecular weight is 530 g/mol. The quantitative estimate of drug-likeness (QED) is 0.317. The number of aromatic nitrogens is 1. The smallest absolute Gasteiger partial charge is 0.323 e. The molecule has 1 N–H and O–H groups in total. The zero-order valence-electron chi connectivity index (χ0n) is 21.8. The van der Waals surface area contributed by atoms with Crippen molar-refractivity contribution in [1.82, 2.24) is 9.47 Å². The van der Waals surface area contributed by atoms with Crippen LogP contribution in [0.5, 0.6) is 17.2 Å². The fourth-order valence-corrected chi connectivity index (χ4v) is 7.02. The molecule has 0 saturated heterocycles. The second kappa shape index (κ2) is 10.1. The predicted molar refractivity (Wildman–Crippen MR) is 149 cm³/mol. The van der Waals surface area contributed by atoms with Gasteiger partial charge in [-0.1, -0.05) is 12.1 Å². The molecule has 2 aromatic heterocycles. The summed E-state index contributed by atoms with van der Waals surface area (Å²) >= 11 is 1.88. The first-order chi connectivity index (χ1) is 18.6. The SMILES string of the molecule is COc1ccc(C2c3cccn3-c3sc4c(c3CN2C(=O)Nc2ccc(OC)cc2OC)CCCC4)cc1. The summed E-state index contributed by atoms with van der Waals surface area (Å²) in [6.07, 6.45) is 6.71. The predicted octanol–water partition coefficient (Wildman–Crippen LogP) is 6.58. The number of hydrogen-bond donors (Lipinski definition) is 1. The molecule has 196 valence electrons. The third-order valence-electron chi connectivity index (χ3n) is 7.52. The van der Waals surface area contributed by atoms with Gasteiger partial charge < -0.3 is 29.0 Å². The lowest BCUT2D eigenvalue weighted by atomic mass is 9.95. The first-order valence-corrected chi connectivity index (χ1v) is 13.7. The molecule has 8 heteroatoms. The average Bonchev–Trinajstić information content (AvgIpc) is 3.55. The molecule has 4 aromatic rings. The number of carbonyl (C=O) groups is 1. The Bertz CT molecular complexity index is 1470. The largest absolute Gasteiger partial charge is 0.497 e. The molecule has 7 nitrogen and oxygen atoms in total. The van der Waals surface area contributed by atoms with E-state index in [0.29, 0.717) is 23.7 Å². The third kappa shape index (κ3) is 4.19. The van der Waals surface area contributed by atoms with Crippen LogP contribution >= 0.6 is 11.3 Å². The number of fused-ring (bicyclic) bond motifs is 5. The minimum absolute atomic E-state index is 0.189. The fourth-order valence-electron chi connectivity index (χ4n) is 5.61. The number of thiophene rings is 1. The number of anilines is 1. The van der Waals surface area contributed by atoms with Crippen LogP contribution in [0.3, 0.4) is 0 Å². The van der Waals surface area contributed by atoms with E-state index in [1.807, 2.05) is 52.6 Å². The standard InChI is InChI=1S/C30H31N3O4S/c1-35-20-12-10-19(11-13-20)28-25-8-6-16-32(25)29-23(22-7-4-5-9-27(22)38-29)18-33(28)30(34)31-24-15-14-21(36-2)17-26(24)37-3/h6,8,10-17,28H,4-5,7,9,18H2,1-3H3,(H,31,34). The monoisotopic (exact) mass is 529 g/mol. The summed E-state index contributed by atoms with van der Waals surface area (Å²) in [6.45, 7) is 0.518. The summed E-state index contributed by atoms with van der Waals surface area (Å²) in [5.74, 6) is 1.99. The number of ether oxygens (including phenoxy) is 3. The molecule has 0 spiro atoms. The number of rotatable bonds is 5. The highest BCUT2D eigenvalue weighted by molar-refractivity contribution is 7.15. The highest BCUT2D eigenvalue weighted by Gasteiger charge is 2.36. The van der Waals surface area contributed by atoms with E-state index in [1.54, 1.807) is 27.4 Å². The molecular weight excluding hydrogens is 498 g/mol. The Morgan fingerprint density at radius 3 is 2.45 bits per heavy atom. The van der Waals surface area contributed by atoms with E-state index >= 15 is 0 Å². The molecule has 2 aliphatic rings. The Balaban J connectivity index is 1.47. The summed E-state index contributed by atoms with van der Waals surface area (Å²) in [7, 11) is 4.86. The van der Waals surface area contributed by atoms with Crippen molar-refractivity contribution in [2.75, 3.05) is 26.6 Å². The summed E-state index contributed by atoms with van der Waals surface area (Å²) in [5, 5.41) is 4.36. The van der Waals surface area contributed by atoms with Crippen molar-refractivity contribution in [2.45, 2.75) is 38.3 Å². The number of hydrogen-bond acceptors (Lipinski definition) is 5. The lowest BCUT2D eigenvalue weighted by molar-refractivity contribution is 0.194. The molecule has 1 aliphatic heterocycles. The normalized spacial score (nSPS) is 16.1. The van der Waals surface area contributed by atoms with Crippen LogP contribution in [-0.4, -0.2) is 36.8 Å². The molecule has 3 heterocycles. The Labute approximate surface area is 226 Å². The molecular formula is C30H31N3O4S. The lowest BCUT2D eigenvalue weighted by Gasteiger charge is -2.31. The molecule has 1 atom stereocenters. The van der Waals surface area contributed by atoms with Crippen LogP contribution in [0.4, 0.5) is 10.5 Å². The zero-order chi connectivity index (χ0) is 26.2. The topological polar surface area (TPSA) is 65.0 Å². The fraction of sp³-hybridized carbons (Fsp3) is 0.300. The number of benzene rings is 2. The van der Waals surface area contributed by atoms with Crippen molar-refractivity contribution in [1.29, 1.82) is 0 Å². The van der Waals surface area contributed by atoms with E-state index in [1.165, 1.54) is 33.8 Å². The number of aryl methyl sites for hydroxylation is 1. The van der Waals surface area contributed by atoms with Gasteiger partial charge in [0.1, 0.15) is 22.2 Å². The maximum atomic E-state index is 14.2. The molecule has 1 aliphatic carbocycles. The summed E-state index contributed by atoms with van der Waals surface area (Å²) in [5.41, 5.74) is 5.36. The number of carbonyl (C=O) groups excluding carboxylic acids is 1. The Morgan fingerprint density at radius 1 is 0.921 bits per heavy atom. The van der Waals surface area contributed by atoms with Gasteiger partial charge in [0, 0.05) is 22.7 Å². The van der Waals surface area contributed by atoms with E-state index in [4.69, 9.17) is 14.2 Å². The van der Waals surface area contributed by atoms with Gasteiger partial charge in [0.25, 0.3) is 0 Å². The lowest BCUT2D eigenvalue weighted by Crippen LogP contribution is -2.38. The van der Waals surface area contributed by atoms with Gasteiger partial charge in [-0.2, -0.15) is 0 Å². The van der Waals surface area contributed by atoms with E-state index < -0.39 is 0 Å². The summed E-state index contributed by atoms with van der Waals surface area (Å²) in [6, 6.07) is 17.1. The van der Waals surface area contributed by atoms with Gasteiger partial charge >= 0.3 is 6.03 Å². The van der Waals surface area contributed by atoms with E-state index in [0.717, 1.165) is 29.8 Å². The highest BCUT2D eigenvalue weighted by Crippen LogP contribution is 2.44. The summed E-state index contributed by atoms with van der Waals surface area (Å²) < 4.78 is 18.6. The van der Waals surface area contributed by atoms with Crippen molar-refractivity contribution >= 4 is 23.1 Å². The molecule has 2 amide bonds. The molecule has 0 fully saturated rings. The number of methoxy groups -OCH3 is 3. The molecule has 6 rings (SSSR count). The molecule has 1 unspecified atom stereocenters. The second-order valence-corrected chi connectivity index (χ2v) is 10.7. The van der Waals surface area contributed by atoms with Crippen LogP contribution in [0.25, 0.3) is 5.00 Å². The van der Waals surface area contributed by atoms with Crippen molar-refractivity contribution in [2.24, 2.45) is 0 Å². The maximum absolute atomic E-state index is 14.2. The van der Waals surface area contributed by atoms with E-state index in [-0.39, 0.29) is 12.1 Å². The molecule has 2 aromatic carbocycles. The van der Waals surface area contributed by atoms with Gasteiger partial charge in [-0.05, 0) is 73.2 Å². The first kappa shape index (κ1) is 24.4. The number of amides is 2. The van der Waals surface area contributed by atoms with Gasteiger partial charge in [0.15, 0.2) is 0 Å². The Morgan fingerprint density at radius 2 is 1.68 bits per heavy atom. The van der Waals surface area contributed by atoms with Crippen LogP contribution in [0, 0.1) is 0 Å². The molecule has 0 saturated carbocycles. The first-order valence-electron chi connectivity index (χ1n) is 12.9. The van der Waals surface area contributed by atoms with Crippen LogP contribution in [-0.2, 0) is 19.4 Å². The molecule has 0 radical (unpaired) electrons. The van der Waals surface area contributed by atoms with Crippen LogP contribution in [0.15, 0.2) is 60.8 Å². The van der Waals surface area contributed by atoms with Gasteiger partial charge in [-0.15, -0.1) is 11.3 Å². The van der Waals surface area contributed by atoms with Crippen molar-refractivity contribution in [3.8, 4) is 22.2 Å². The second-order valence-electron chi connectivity index (χ2n) is 9.60. The van der Waals surface area contributed by atoms with E-state index in [9.17, 15) is 4.79 Å². The summed E-state index contributed by atoms with van der Waals surface area (Å²) in [4.78, 5) is 17.6. The van der Waals surface area contributed by atoms with Gasteiger partial charge in [-0.3, -0.25) is 0 Å². The highest BCUT2D eigenvalue weighted by atomic mass is 32.1. The van der Waals surface area contributed by atoms with Gasteiger partial charge in [0.2, 0.25) is 0 Å².